The number of benzene rings is 1. The fraction of sp³-hybridized carbons (Fsp3) is 0.600. The average molecular weight is 432 g/mol. The van der Waals surface area contributed by atoms with Crippen molar-refractivity contribution < 1.29 is 24.9 Å². The van der Waals surface area contributed by atoms with Gasteiger partial charge in [-0.05, 0) is 50.5 Å². The van der Waals surface area contributed by atoms with Crippen LogP contribution >= 0.6 is 0 Å². The first-order chi connectivity index (χ1) is 14.9. The van der Waals surface area contributed by atoms with Gasteiger partial charge in [-0.2, -0.15) is 0 Å². The van der Waals surface area contributed by atoms with E-state index in [-0.39, 0.29) is 30.4 Å². The van der Waals surface area contributed by atoms with Crippen LogP contribution in [0.15, 0.2) is 42.5 Å². The highest BCUT2D eigenvalue weighted by molar-refractivity contribution is 5.79. The second-order valence-electron chi connectivity index (χ2n) is 8.46. The van der Waals surface area contributed by atoms with Gasteiger partial charge < -0.3 is 20.6 Å². The smallest absolute Gasteiger partial charge is 0.219 e. The minimum atomic E-state index is -0.966. The van der Waals surface area contributed by atoms with E-state index in [1.54, 1.807) is 0 Å². The van der Waals surface area contributed by atoms with E-state index in [4.69, 9.17) is 0 Å². The summed E-state index contributed by atoms with van der Waals surface area (Å²) in [7, 11) is 0. The number of Topliss-reactive ketones (excluding diaryl/α,β-unsaturated/α-hetero) is 1. The molecule has 0 saturated heterocycles. The molecule has 1 aromatic carbocycles. The number of aliphatic hydroxyl groups excluding tert-OH is 3. The van der Waals surface area contributed by atoms with Crippen molar-refractivity contribution in [2.45, 2.75) is 76.6 Å². The molecule has 1 aliphatic carbocycles. The van der Waals surface area contributed by atoms with Crippen molar-refractivity contribution in [2.24, 2.45) is 11.8 Å². The number of allylic oxidation sites excluding steroid dienone is 2. The molecule has 0 unspecified atom stereocenters. The Bertz CT molecular complexity index is 705. The Balaban J connectivity index is 1.79. The molecule has 4 N–H and O–H groups in total. The number of hydrogen-bond acceptors (Lipinski definition) is 5. The van der Waals surface area contributed by atoms with Crippen LogP contribution in [0.5, 0.6) is 0 Å². The first kappa shape index (κ1) is 25.2. The van der Waals surface area contributed by atoms with Gasteiger partial charge in [-0.3, -0.25) is 9.59 Å². The Morgan fingerprint density at radius 3 is 2.58 bits per heavy atom. The topological polar surface area (TPSA) is 107 Å². The first-order valence-corrected chi connectivity index (χ1v) is 11.4. The van der Waals surface area contributed by atoms with Crippen molar-refractivity contribution in [1.82, 2.24) is 5.32 Å². The number of ketones is 1. The van der Waals surface area contributed by atoms with Crippen molar-refractivity contribution in [1.29, 1.82) is 0 Å². The van der Waals surface area contributed by atoms with Gasteiger partial charge in [0.2, 0.25) is 5.91 Å². The van der Waals surface area contributed by atoms with Crippen molar-refractivity contribution in [3.63, 3.8) is 0 Å². The van der Waals surface area contributed by atoms with E-state index >= 15 is 0 Å². The van der Waals surface area contributed by atoms with Gasteiger partial charge in [-0.1, -0.05) is 42.5 Å². The summed E-state index contributed by atoms with van der Waals surface area (Å²) in [5, 5.41) is 34.2. The maximum Gasteiger partial charge on any atom is 0.219 e. The third-order valence-electron chi connectivity index (χ3n) is 6.06. The maximum atomic E-state index is 12.4. The third kappa shape index (κ3) is 8.56. The van der Waals surface area contributed by atoms with E-state index in [9.17, 15) is 24.9 Å². The Labute approximate surface area is 185 Å². The summed E-state index contributed by atoms with van der Waals surface area (Å²) in [4.78, 5) is 23.8. The number of carbonyl (C=O) groups excluding carboxylic acids is 2. The fourth-order valence-electron chi connectivity index (χ4n) is 4.41. The van der Waals surface area contributed by atoms with Crippen LogP contribution < -0.4 is 5.32 Å². The third-order valence-corrected chi connectivity index (χ3v) is 6.06. The molecule has 1 aromatic rings. The molecule has 0 aliphatic heterocycles. The molecule has 1 fully saturated rings. The van der Waals surface area contributed by atoms with Gasteiger partial charge in [-0.15, -0.1) is 0 Å². The molecule has 0 heterocycles. The number of amides is 1. The van der Waals surface area contributed by atoms with Crippen molar-refractivity contribution in [3.05, 3.63) is 48.0 Å². The molecule has 172 valence electrons. The quantitative estimate of drug-likeness (QED) is 0.284. The van der Waals surface area contributed by atoms with Crippen LogP contribution in [0.25, 0.3) is 0 Å². The molecular weight excluding hydrogens is 394 g/mol. The highest BCUT2D eigenvalue weighted by Gasteiger charge is 2.44. The predicted molar refractivity (Wildman–Crippen MR) is 120 cm³/mol. The summed E-state index contributed by atoms with van der Waals surface area (Å²) in [5.41, 5.74) is 1.08. The van der Waals surface area contributed by atoms with Crippen LogP contribution in [0, 0.1) is 11.8 Å². The minimum Gasteiger partial charge on any atom is -0.393 e. The monoisotopic (exact) mass is 431 g/mol. The number of hydrogen-bond donors (Lipinski definition) is 4. The highest BCUT2D eigenvalue weighted by Crippen LogP contribution is 2.38. The zero-order valence-corrected chi connectivity index (χ0v) is 18.5. The SMILES string of the molecule is CCNC(=O)CCC/C=C\C[C@@H]1[C@@H]([C@@H](O)CC(=O)CCc2ccccc2)[C@H](O)C[C@@H]1O. The van der Waals surface area contributed by atoms with E-state index in [0.717, 1.165) is 18.4 Å². The van der Waals surface area contributed by atoms with E-state index in [1.165, 1.54) is 0 Å². The van der Waals surface area contributed by atoms with Crippen LogP contribution in [-0.4, -0.2) is 51.9 Å². The van der Waals surface area contributed by atoms with Gasteiger partial charge in [0.05, 0.1) is 18.3 Å². The molecule has 1 saturated carbocycles. The lowest BCUT2D eigenvalue weighted by Gasteiger charge is -2.27. The summed E-state index contributed by atoms with van der Waals surface area (Å²) in [6, 6.07) is 9.74. The Kier molecular flexibility index (Phi) is 10.9. The molecule has 31 heavy (non-hydrogen) atoms. The van der Waals surface area contributed by atoms with Crippen molar-refractivity contribution in [3.8, 4) is 0 Å². The molecule has 1 amide bonds. The summed E-state index contributed by atoms with van der Waals surface area (Å²) < 4.78 is 0. The number of aliphatic hydroxyl groups is 3. The standard InChI is InChI=1S/C25H37NO5/c1-2-26-24(31)13-9-4-3-8-12-20-21(28)17-23(30)25(20)22(29)16-19(27)15-14-18-10-6-5-7-11-18/h3,5-8,10-11,20-23,25,28-30H,2,4,9,12-17H2,1H3,(H,26,31)/b8-3-/t20-,21-,22-,23+,25-/m0/s1. The minimum absolute atomic E-state index is 0.00592. The summed E-state index contributed by atoms with van der Waals surface area (Å²) in [5.74, 6) is -0.794. The average Bonchev–Trinajstić information content (AvgIpc) is 3.03. The van der Waals surface area contributed by atoms with Crippen molar-refractivity contribution >= 4 is 11.7 Å². The molecule has 0 bridgehead atoms. The first-order valence-electron chi connectivity index (χ1n) is 11.4. The molecule has 1 aliphatic rings. The summed E-state index contributed by atoms with van der Waals surface area (Å²) in [6.07, 6.45) is 5.15. The zero-order valence-electron chi connectivity index (χ0n) is 18.5. The molecule has 6 heteroatoms. The summed E-state index contributed by atoms with van der Waals surface area (Å²) >= 11 is 0. The fourth-order valence-corrected chi connectivity index (χ4v) is 4.41. The number of nitrogens with one attached hydrogen (secondary N) is 1. The molecule has 6 nitrogen and oxygen atoms in total. The molecule has 0 aromatic heterocycles. The Morgan fingerprint density at radius 1 is 1.13 bits per heavy atom. The number of rotatable bonds is 13. The van der Waals surface area contributed by atoms with Crippen LogP contribution in [-0.2, 0) is 16.0 Å². The van der Waals surface area contributed by atoms with Crippen molar-refractivity contribution in [2.75, 3.05) is 6.54 Å². The summed E-state index contributed by atoms with van der Waals surface area (Å²) in [6.45, 7) is 2.52. The number of aryl methyl sites for hydroxylation is 1. The molecule has 0 radical (unpaired) electrons. The molecule has 0 spiro atoms. The number of carbonyl (C=O) groups is 2. The van der Waals surface area contributed by atoms with Crippen LogP contribution in [0.3, 0.4) is 0 Å². The van der Waals surface area contributed by atoms with Crippen LogP contribution in [0.2, 0.25) is 0 Å². The Morgan fingerprint density at radius 2 is 1.87 bits per heavy atom. The second kappa shape index (κ2) is 13.4. The Hall–Kier alpha value is -2.02. The van der Waals surface area contributed by atoms with Gasteiger partial charge in [0.1, 0.15) is 5.78 Å². The lowest BCUT2D eigenvalue weighted by atomic mass is 9.83. The van der Waals surface area contributed by atoms with Gasteiger partial charge in [0.15, 0.2) is 0 Å². The lowest BCUT2D eigenvalue weighted by Crippen LogP contribution is -2.34. The predicted octanol–water partition coefficient (Wildman–Crippen LogP) is 2.55. The lowest BCUT2D eigenvalue weighted by molar-refractivity contribution is -0.123. The van der Waals surface area contributed by atoms with Gasteiger partial charge in [-0.25, -0.2) is 0 Å². The normalized spacial score (nSPS) is 24.4. The molecule has 5 atom stereocenters. The van der Waals surface area contributed by atoms with E-state index in [2.05, 4.69) is 5.32 Å². The van der Waals surface area contributed by atoms with Gasteiger partial charge >= 0.3 is 0 Å². The zero-order chi connectivity index (χ0) is 22.6. The van der Waals surface area contributed by atoms with Gasteiger partial charge in [0, 0.05) is 31.7 Å². The maximum absolute atomic E-state index is 12.4. The van der Waals surface area contributed by atoms with Crippen LogP contribution in [0.1, 0.15) is 57.4 Å². The van der Waals surface area contributed by atoms with E-state index < -0.39 is 24.2 Å². The second-order valence-corrected chi connectivity index (χ2v) is 8.46. The van der Waals surface area contributed by atoms with E-state index in [1.807, 2.05) is 49.4 Å². The largest absolute Gasteiger partial charge is 0.393 e. The molecular formula is C25H37NO5. The van der Waals surface area contributed by atoms with Crippen LogP contribution in [0.4, 0.5) is 0 Å². The number of unbranched alkanes of at least 4 members (excludes halogenated alkanes) is 1. The van der Waals surface area contributed by atoms with E-state index in [0.29, 0.717) is 32.2 Å². The highest BCUT2D eigenvalue weighted by atomic mass is 16.3. The molecule has 2 rings (SSSR count). The van der Waals surface area contributed by atoms with Gasteiger partial charge in [0.25, 0.3) is 0 Å².